The van der Waals surface area contributed by atoms with Gasteiger partial charge in [0.05, 0.1) is 16.7 Å². The lowest BCUT2D eigenvalue weighted by atomic mass is 10.2. The van der Waals surface area contributed by atoms with Crippen LogP contribution in [0.2, 0.25) is 0 Å². The molecule has 0 radical (unpaired) electrons. The standard InChI is InChI=1S/C12H9N3OS/c16-7-9-2-1-3-15-12(9)5-10(14-15)4-11-6-13-8-17-11/h1-3,5-8H,4H2. The molecule has 0 aliphatic heterocycles. The summed E-state index contributed by atoms with van der Waals surface area (Å²) in [7, 11) is 0. The number of pyridine rings is 1. The fourth-order valence-corrected chi connectivity index (χ4v) is 2.39. The van der Waals surface area contributed by atoms with E-state index < -0.39 is 0 Å². The van der Waals surface area contributed by atoms with Crippen LogP contribution in [0.1, 0.15) is 20.9 Å². The highest BCUT2D eigenvalue weighted by Crippen LogP contribution is 2.15. The lowest BCUT2D eigenvalue weighted by molar-refractivity contribution is 0.112. The van der Waals surface area contributed by atoms with Crippen LogP contribution in [0.4, 0.5) is 0 Å². The molecule has 3 heterocycles. The molecule has 0 aromatic carbocycles. The second-order valence-corrected chi connectivity index (χ2v) is 4.66. The predicted octanol–water partition coefficient (Wildman–Crippen LogP) is 2.19. The third kappa shape index (κ3) is 1.85. The first-order chi connectivity index (χ1) is 8.36. The number of nitrogens with zero attached hydrogens (tertiary/aromatic N) is 3. The van der Waals surface area contributed by atoms with Gasteiger partial charge in [0.25, 0.3) is 0 Å². The summed E-state index contributed by atoms with van der Waals surface area (Å²) < 4.78 is 1.74. The molecule has 3 aromatic rings. The Bertz CT molecular complexity index is 658. The maximum absolute atomic E-state index is 10.9. The van der Waals surface area contributed by atoms with E-state index in [1.165, 1.54) is 4.88 Å². The minimum absolute atomic E-state index is 0.663. The zero-order valence-electron chi connectivity index (χ0n) is 8.91. The van der Waals surface area contributed by atoms with Gasteiger partial charge in [-0.05, 0) is 18.2 Å². The zero-order valence-corrected chi connectivity index (χ0v) is 9.72. The maximum atomic E-state index is 10.9. The first-order valence-electron chi connectivity index (χ1n) is 5.16. The van der Waals surface area contributed by atoms with E-state index in [0.29, 0.717) is 5.56 Å². The zero-order chi connectivity index (χ0) is 11.7. The Hall–Kier alpha value is -2.01. The van der Waals surface area contributed by atoms with E-state index >= 15 is 0 Å². The second kappa shape index (κ2) is 4.10. The van der Waals surface area contributed by atoms with Crippen molar-refractivity contribution >= 4 is 23.1 Å². The Balaban J connectivity index is 2.04. The Morgan fingerprint density at radius 2 is 2.41 bits per heavy atom. The summed E-state index contributed by atoms with van der Waals surface area (Å²) in [4.78, 5) is 16.1. The number of fused-ring (bicyclic) bond motifs is 1. The number of aromatic nitrogens is 3. The molecule has 17 heavy (non-hydrogen) atoms. The molecule has 0 spiro atoms. The first-order valence-corrected chi connectivity index (χ1v) is 6.04. The summed E-state index contributed by atoms with van der Waals surface area (Å²) >= 11 is 1.61. The van der Waals surface area contributed by atoms with Crippen LogP contribution in [0.5, 0.6) is 0 Å². The lowest BCUT2D eigenvalue weighted by Crippen LogP contribution is -1.91. The highest BCUT2D eigenvalue weighted by molar-refractivity contribution is 7.09. The molecule has 0 saturated carbocycles. The van der Waals surface area contributed by atoms with E-state index in [-0.39, 0.29) is 0 Å². The van der Waals surface area contributed by atoms with E-state index in [2.05, 4.69) is 10.1 Å². The van der Waals surface area contributed by atoms with Crippen LogP contribution in [0.3, 0.4) is 0 Å². The molecule has 0 fully saturated rings. The minimum Gasteiger partial charge on any atom is -0.298 e. The van der Waals surface area contributed by atoms with Gasteiger partial charge in [-0.2, -0.15) is 5.10 Å². The van der Waals surface area contributed by atoms with Gasteiger partial charge >= 0.3 is 0 Å². The van der Waals surface area contributed by atoms with Gasteiger partial charge in [-0.25, -0.2) is 4.52 Å². The number of aldehydes is 1. The molecule has 3 rings (SSSR count). The molecule has 0 bridgehead atoms. The fraction of sp³-hybridized carbons (Fsp3) is 0.0833. The molecular weight excluding hydrogens is 234 g/mol. The molecule has 0 unspecified atom stereocenters. The highest BCUT2D eigenvalue weighted by atomic mass is 32.1. The van der Waals surface area contributed by atoms with Gasteiger partial charge in [0, 0.05) is 29.3 Å². The summed E-state index contributed by atoms with van der Waals surface area (Å²) in [6.45, 7) is 0. The van der Waals surface area contributed by atoms with E-state index in [1.54, 1.807) is 21.9 Å². The average Bonchev–Trinajstić information content (AvgIpc) is 2.97. The summed E-state index contributed by atoms with van der Waals surface area (Å²) in [5.74, 6) is 0. The minimum atomic E-state index is 0.663. The van der Waals surface area contributed by atoms with E-state index in [1.807, 2.05) is 30.0 Å². The third-order valence-electron chi connectivity index (χ3n) is 2.55. The van der Waals surface area contributed by atoms with Gasteiger partial charge in [-0.1, -0.05) is 0 Å². The first kappa shape index (κ1) is 10.2. The van der Waals surface area contributed by atoms with Crippen LogP contribution >= 0.6 is 11.3 Å². The smallest absolute Gasteiger partial charge is 0.152 e. The van der Waals surface area contributed by atoms with Crippen molar-refractivity contribution in [3.05, 3.63) is 52.2 Å². The second-order valence-electron chi connectivity index (χ2n) is 3.69. The van der Waals surface area contributed by atoms with E-state index in [9.17, 15) is 4.79 Å². The normalized spacial score (nSPS) is 10.8. The molecule has 5 heteroatoms. The average molecular weight is 243 g/mol. The van der Waals surface area contributed by atoms with Crippen LogP contribution in [-0.2, 0) is 6.42 Å². The number of thiazole rings is 1. The lowest BCUT2D eigenvalue weighted by Gasteiger charge is -1.93. The quantitative estimate of drug-likeness (QED) is 0.662. The van der Waals surface area contributed by atoms with Crippen molar-refractivity contribution in [2.24, 2.45) is 0 Å². The maximum Gasteiger partial charge on any atom is 0.152 e. The molecule has 0 amide bonds. The van der Waals surface area contributed by atoms with Crippen molar-refractivity contribution in [3.63, 3.8) is 0 Å². The monoisotopic (exact) mass is 243 g/mol. The molecular formula is C12H9N3OS. The SMILES string of the molecule is O=Cc1cccn2nc(Cc3cncs3)cc12. The van der Waals surface area contributed by atoms with Crippen molar-refractivity contribution in [2.45, 2.75) is 6.42 Å². The van der Waals surface area contributed by atoms with E-state index in [0.717, 1.165) is 23.9 Å². The van der Waals surface area contributed by atoms with Gasteiger partial charge < -0.3 is 0 Å². The van der Waals surface area contributed by atoms with Gasteiger partial charge in [-0.3, -0.25) is 9.78 Å². The molecule has 0 atom stereocenters. The highest BCUT2D eigenvalue weighted by Gasteiger charge is 2.06. The largest absolute Gasteiger partial charge is 0.298 e. The Morgan fingerprint density at radius 1 is 1.47 bits per heavy atom. The number of carbonyl (C=O) groups is 1. The van der Waals surface area contributed by atoms with Crippen LogP contribution in [0, 0.1) is 0 Å². The fourth-order valence-electron chi connectivity index (χ4n) is 1.78. The van der Waals surface area contributed by atoms with Gasteiger partial charge in [-0.15, -0.1) is 11.3 Å². The van der Waals surface area contributed by atoms with Crippen molar-refractivity contribution in [1.82, 2.24) is 14.6 Å². The van der Waals surface area contributed by atoms with E-state index in [4.69, 9.17) is 0 Å². The summed E-state index contributed by atoms with van der Waals surface area (Å²) in [6.07, 6.45) is 5.30. The van der Waals surface area contributed by atoms with Crippen molar-refractivity contribution in [1.29, 1.82) is 0 Å². The molecule has 0 saturated heterocycles. The van der Waals surface area contributed by atoms with Gasteiger partial charge in [0.15, 0.2) is 6.29 Å². The molecule has 3 aromatic heterocycles. The van der Waals surface area contributed by atoms with Crippen LogP contribution in [0.25, 0.3) is 5.52 Å². The van der Waals surface area contributed by atoms with Crippen molar-refractivity contribution in [3.8, 4) is 0 Å². The number of hydrogen-bond acceptors (Lipinski definition) is 4. The molecule has 4 nitrogen and oxygen atoms in total. The van der Waals surface area contributed by atoms with Crippen molar-refractivity contribution < 1.29 is 4.79 Å². The number of carbonyl (C=O) groups excluding carboxylic acids is 1. The molecule has 84 valence electrons. The summed E-state index contributed by atoms with van der Waals surface area (Å²) in [6, 6.07) is 5.56. The Morgan fingerprint density at radius 3 is 3.18 bits per heavy atom. The summed E-state index contributed by atoms with van der Waals surface area (Å²) in [5, 5.41) is 4.43. The predicted molar refractivity (Wildman–Crippen MR) is 65.5 cm³/mol. The van der Waals surface area contributed by atoms with Crippen LogP contribution < -0.4 is 0 Å². The summed E-state index contributed by atoms with van der Waals surface area (Å²) in [5.41, 5.74) is 4.27. The van der Waals surface area contributed by atoms with Crippen LogP contribution in [-0.4, -0.2) is 20.9 Å². The Labute approximate surface area is 102 Å². The third-order valence-corrected chi connectivity index (χ3v) is 3.33. The van der Waals surface area contributed by atoms with Gasteiger partial charge in [0.1, 0.15) is 0 Å². The van der Waals surface area contributed by atoms with Crippen molar-refractivity contribution in [2.75, 3.05) is 0 Å². The topological polar surface area (TPSA) is 47.3 Å². The van der Waals surface area contributed by atoms with Gasteiger partial charge in [0.2, 0.25) is 0 Å². The number of hydrogen-bond donors (Lipinski definition) is 0. The molecule has 0 N–H and O–H groups in total. The van der Waals surface area contributed by atoms with Crippen LogP contribution in [0.15, 0.2) is 36.1 Å². The number of rotatable bonds is 3. The molecule has 0 aliphatic carbocycles. The Kier molecular flexibility index (Phi) is 2.45. The molecule has 0 aliphatic rings.